The van der Waals surface area contributed by atoms with Crippen LogP contribution in [0.5, 0.6) is 0 Å². The van der Waals surface area contributed by atoms with E-state index in [2.05, 4.69) is 20.9 Å². The maximum Gasteiger partial charge on any atom is 0.0966 e. The molecule has 0 aromatic carbocycles. The monoisotopic (exact) mass is 275 g/mol. The number of aryl methyl sites for hydroxylation is 1. The molecule has 2 nitrogen and oxygen atoms in total. The molecule has 0 saturated carbocycles. The quantitative estimate of drug-likeness (QED) is 0.861. The lowest BCUT2D eigenvalue weighted by Gasteiger charge is -2.13. The number of hydrogen-bond acceptors (Lipinski definition) is 3. The Balaban J connectivity index is 2.73. The van der Waals surface area contributed by atoms with Gasteiger partial charge in [0.05, 0.1) is 11.1 Å². The number of halogens is 1. The van der Waals surface area contributed by atoms with Crippen molar-refractivity contribution in [1.82, 2.24) is 4.98 Å². The minimum absolute atomic E-state index is 0.170. The van der Waals surface area contributed by atoms with Crippen molar-refractivity contribution in [3.05, 3.63) is 22.3 Å². The minimum Gasteiger partial charge on any atom is -0.392 e. The summed E-state index contributed by atoms with van der Waals surface area (Å²) >= 11 is 5.00. The highest BCUT2D eigenvalue weighted by atomic mass is 79.9. The zero-order valence-corrected chi connectivity index (χ0v) is 10.9. The van der Waals surface area contributed by atoms with Crippen LogP contribution < -0.4 is 0 Å². The number of rotatable bonds is 3. The SMILES string of the molecule is Cc1cc(SC(C)C(C)O)ncc1Br. The summed E-state index contributed by atoms with van der Waals surface area (Å²) in [5.41, 5.74) is 1.17. The molecule has 1 rings (SSSR count). The van der Waals surface area contributed by atoms with Crippen LogP contribution in [-0.4, -0.2) is 21.4 Å². The van der Waals surface area contributed by atoms with Gasteiger partial charge in [-0.3, -0.25) is 0 Å². The number of aliphatic hydroxyl groups is 1. The van der Waals surface area contributed by atoms with Crippen molar-refractivity contribution < 1.29 is 5.11 Å². The summed E-state index contributed by atoms with van der Waals surface area (Å²) in [5.74, 6) is 0. The fourth-order valence-electron chi connectivity index (χ4n) is 0.867. The smallest absolute Gasteiger partial charge is 0.0966 e. The topological polar surface area (TPSA) is 33.1 Å². The molecule has 0 spiro atoms. The Morgan fingerprint density at radius 1 is 1.50 bits per heavy atom. The lowest BCUT2D eigenvalue weighted by atomic mass is 10.3. The zero-order chi connectivity index (χ0) is 10.7. The predicted octanol–water partition coefficient (Wildman–Crippen LogP) is 3.01. The third-order valence-corrected chi connectivity index (χ3v) is 4.07. The summed E-state index contributed by atoms with van der Waals surface area (Å²) in [6.07, 6.45) is 1.48. The molecular weight excluding hydrogens is 262 g/mol. The molecule has 0 radical (unpaired) electrons. The lowest BCUT2D eigenvalue weighted by molar-refractivity contribution is 0.196. The second kappa shape index (κ2) is 5.14. The van der Waals surface area contributed by atoms with E-state index in [0.717, 1.165) is 9.50 Å². The van der Waals surface area contributed by atoms with E-state index in [0.29, 0.717) is 0 Å². The number of aliphatic hydroxyl groups excluding tert-OH is 1. The summed E-state index contributed by atoms with van der Waals surface area (Å²) in [4.78, 5) is 4.27. The van der Waals surface area contributed by atoms with E-state index in [4.69, 9.17) is 0 Å². The summed E-state index contributed by atoms with van der Waals surface area (Å²) in [6.45, 7) is 5.82. The van der Waals surface area contributed by atoms with E-state index < -0.39 is 0 Å². The highest BCUT2D eigenvalue weighted by molar-refractivity contribution is 9.10. The Kier molecular flexibility index (Phi) is 4.41. The fourth-order valence-corrected chi connectivity index (χ4v) is 2.02. The van der Waals surface area contributed by atoms with E-state index in [-0.39, 0.29) is 11.4 Å². The van der Waals surface area contributed by atoms with Gasteiger partial charge in [-0.25, -0.2) is 4.98 Å². The second-order valence-electron chi connectivity index (χ2n) is 3.34. The van der Waals surface area contributed by atoms with Gasteiger partial charge in [-0.2, -0.15) is 0 Å². The van der Waals surface area contributed by atoms with E-state index >= 15 is 0 Å². The molecule has 4 heteroatoms. The molecule has 1 aromatic heterocycles. The zero-order valence-electron chi connectivity index (χ0n) is 8.49. The van der Waals surface area contributed by atoms with E-state index in [1.54, 1.807) is 24.9 Å². The molecule has 1 heterocycles. The number of pyridine rings is 1. The first-order valence-electron chi connectivity index (χ1n) is 4.47. The van der Waals surface area contributed by atoms with Crippen molar-refractivity contribution in [3.8, 4) is 0 Å². The summed E-state index contributed by atoms with van der Waals surface area (Å²) in [6, 6.07) is 2.02. The first-order valence-corrected chi connectivity index (χ1v) is 6.15. The second-order valence-corrected chi connectivity index (χ2v) is 5.59. The third-order valence-electron chi connectivity index (χ3n) is 2.01. The van der Waals surface area contributed by atoms with Gasteiger partial charge < -0.3 is 5.11 Å². The molecule has 2 atom stereocenters. The minimum atomic E-state index is -0.314. The molecule has 1 N–H and O–H groups in total. The standard InChI is InChI=1S/C10H14BrNOS/c1-6-4-10(12-5-9(6)11)14-8(3)7(2)13/h4-5,7-8,13H,1-3H3. The van der Waals surface area contributed by atoms with Crippen LogP contribution in [0.1, 0.15) is 19.4 Å². The van der Waals surface area contributed by atoms with Crippen molar-refractivity contribution in [3.63, 3.8) is 0 Å². The normalized spacial score (nSPS) is 15.2. The molecule has 78 valence electrons. The van der Waals surface area contributed by atoms with Gasteiger partial charge >= 0.3 is 0 Å². The van der Waals surface area contributed by atoms with Crippen molar-refractivity contribution >= 4 is 27.7 Å². The molecule has 0 aliphatic heterocycles. The molecule has 0 aliphatic carbocycles. The average molecular weight is 276 g/mol. The van der Waals surface area contributed by atoms with Gasteiger partial charge in [0.15, 0.2) is 0 Å². The number of thioether (sulfide) groups is 1. The van der Waals surface area contributed by atoms with Gasteiger partial charge in [-0.1, -0.05) is 6.92 Å². The van der Waals surface area contributed by atoms with Crippen LogP contribution in [0, 0.1) is 6.92 Å². The van der Waals surface area contributed by atoms with Crippen LogP contribution in [0.2, 0.25) is 0 Å². The van der Waals surface area contributed by atoms with Crippen LogP contribution in [0.3, 0.4) is 0 Å². The Bertz CT molecular complexity index is 317. The van der Waals surface area contributed by atoms with Gasteiger partial charge in [0.25, 0.3) is 0 Å². The third kappa shape index (κ3) is 3.26. The first kappa shape index (κ1) is 12.0. The van der Waals surface area contributed by atoms with Crippen molar-refractivity contribution in [1.29, 1.82) is 0 Å². The highest BCUT2D eigenvalue weighted by Gasteiger charge is 2.11. The molecule has 1 aromatic rings. The van der Waals surface area contributed by atoms with Gasteiger partial charge in [0.2, 0.25) is 0 Å². The lowest BCUT2D eigenvalue weighted by Crippen LogP contribution is -2.15. The molecule has 2 unspecified atom stereocenters. The predicted molar refractivity (Wildman–Crippen MR) is 63.7 cm³/mol. The van der Waals surface area contributed by atoms with Crippen LogP contribution >= 0.6 is 27.7 Å². The summed E-state index contributed by atoms with van der Waals surface area (Å²) in [5, 5.41) is 10.5. The Morgan fingerprint density at radius 2 is 2.14 bits per heavy atom. The number of hydrogen-bond donors (Lipinski definition) is 1. The average Bonchev–Trinajstić information content (AvgIpc) is 2.11. The first-order chi connectivity index (χ1) is 6.50. The Morgan fingerprint density at radius 3 is 2.64 bits per heavy atom. The number of nitrogens with zero attached hydrogens (tertiary/aromatic N) is 1. The van der Waals surface area contributed by atoms with Crippen LogP contribution in [0.25, 0.3) is 0 Å². The Labute approximate surface area is 97.3 Å². The highest BCUT2D eigenvalue weighted by Crippen LogP contribution is 2.26. The fraction of sp³-hybridized carbons (Fsp3) is 0.500. The molecular formula is C10H14BrNOS. The van der Waals surface area contributed by atoms with Crippen molar-refractivity contribution in [2.24, 2.45) is 0 Å². The summed E-state index contributed by atoms with van der Waals surface area (Å²) < 4.78 is 1.02. The van der Waals surface area contributed by atoms with E-state index in [9.17, 15) is 5.11 Å². The van der Waals surface area contributed by atoms with Crippen molar-refractivity contribution in [2.75, 3.05) is 0 Å². The molecule has 0 fully saturated rings. The maximum atomic E-state index is 9.35. The number of aromatic nitrogens is 1. The van der Waals surface area contributed by atoms with Crippen LogP contribution in [-0.2, 0) is 0 Å². The Hall–Kier alpha value is -0.0600. The molecule has 0 amide bonds. The van der Waals surface area contributed by atoms with Crippen molar-refractivity contribution in [2.45, 2.75) is 37.2 Å². The maximum absolute atomic E-state index is 9.35. The van der Waals surface area contributed by atoms with E-state index in [1.165, 1.54) is 5.56 Å². The largest absolute Gasteiger partial charge is 0.392 e. The van der Waals surface area contributed by atoms with Crippen LogP contribution in [0.4, 0.5) is 0 Å². The van der Waals surface area contributed by atoms with Gasteiger partial charge in [-0.05, 0) is 41.4 Å². The van der Waals surface area contributed by atoms with Gasteiger partial charge in [0, 0.05) is 15.9 Å². The van der Waals surface area contributed by atoms with E-state index in [1.807, 2.05) is 19.9 Å². The summed E-state index contributed by atoms with van der Waals surface area (Å²) in [7, 11) is 0. The molecule has 0 saturated heterocycles. The van der Waals surface area contributed by atoms with Gasteiger partial charge in [-0.15, -0.1) is 11.8 Å². The van der Waals surface area contributed by atoms with Gasteiger partial charge in [0.1, 0.15) is 0 Å². The molecule has 14 heavy (non-hydrogen) atoms. The molecule has 0 bridgehead atoms. The molecule has 0 aliphatic rings. The van der Waals surface area contributed by atoms with Crippen LogP contribution in [0.15, 0.2) is 21.8 Å².